The molecule has 0 unspecified atom stereocenters. The van der Waals surface area contributed by atoms with Crippen LogP contribution in [0.15, 0.2) is 40.3 Å². The molecule has 1 saturated carbocycles. The van der Waals surface area contributed by atoms with Crippen molar-refractivity contribution in [1.29, 1.82) is 0 Å². The van der Waals surface area contributed by atoms with Crippen molar-refractivity contribution in [3.8, 4) is 11.3 Å². The molecule has 4 rings (SSSR count). The van der Waals surface area contributed by atoms with Gasteiger partial charge in [-0.05, 0) is 31.3 Å². The second-order valence-electron chi connectivity index (χ2n) is 7.21. The molecule has 1 amide bonds. The molecular formula is C21H24N4O2S2. The quantitative estimate of drug-likeness (QED) is 0.473. The summed E-state index contributed by atoms with van der Waals surface area (Å²) in [5, 5.41) is 3.70. The van der Waals surface area contributed by atoms with Crippen molar-refractivity contribution in [3.63, 3.8) is 0 Å². The van der Waals surface area contributed by atoms with Crippen LogP contribution in [0.4, 0.5) is 0 Å². The van der Waals surface area contributed by atoms with Crippen molar-refractivity contribution >= 4 is 39.4 Å². The zero-order valence-electron chi connectivity index (χ0n) is 16.4. The van der Waals surface area contributed by atoms with Crippen LogP contribution in [0.5, 0.6) is 0 Å². The maximum Gasteiger partial charge on any atom is 0.273 e. The summed E-state index contributed by atoms with van der Waals surface area (Å²) in [7, 11) is 0. The largest absolute Gasteiger partial charge is 0.353 e. The van der Waals surface area contributed by atoms with E-state index in [0.29, 0.717) is 21.9 Å². The third-order valence-corrected chi connectivity index (χ3v) is 7.01. The average molecular weight is 429 g/mol. The third kappa shape index (κ3) is 4.38. The fourth-order valence-corrected chi connectivity index (χ4v) is 5.37. The number of nitrogens with zero attached hydrogens (tertiary/aromatic N) is 3. The summed E-state index contributed by atoms with van der Waals surface area (Å²) in [6.45, 7) is 2.42. The van der Waals surface area contributed by atoms with Crippen molar-refractivity contribution in [3.05, 3.63) is 40.7 Å². The van der Waals surface area contributed by atoms with E-state index >= 15 is 0 Å². The van der Waals surface area contributed by atoms with E-state index in [9.17, 15) is 9.59 Å². The van der Waals surface area contributed by atoms with Crippen molar-refractivity contribution in [2.24, 2.45) is 0 Å². The summed E-state index contributed by atoms with van der Waals surface area (Å²) in [6.07, 6.45) is 5.73. The van der Waals surface area contributed by atoms with Gasteiger partial charge in [-0.3, -0.25) is 14.2 Å². The molecule has 0 atom stereocenters. The maximum absolute atomic E-state index is 13.0. The minimum Gasteiger partial charge on any atom is -0.353 e. The third-order valence-electron chi connectivity index (χ3n) is 5.21. The minimum atomic E-state index is -0.0904. The summed E-state index contributed by atoms with van der Waals surface area (Å²) in [6, 6.07) is 10.0. The van der Waals surface area contributed by atoms with Gasteiger partial charge in [0, 0.05) is 18.2 Å². The van der Waals surface area contributed by atoms with E-state index in [1.807, 2.05) is 37.3 Å². The number of hydrogen-bond donors (Lipinski definition) is 1. The van der Waals surface area contributed by atoms with Gasteiger partial charge in [-0.1, -0.05) is 61.4 Å². The number of hydrogen-bond acceptors (Lipinski definition) is 6. The molecule has 1 N–H and O–H groups in total. The first kappa shape index (κ1) is 20.1. The molecule has 29 heavy (non-hydrogen) atoms. The smallest absolute Gasteiger partial charge is 0.273 e. The first-order valence-electron chi connectivity index (χ1n) is 10.0. The molecule has 0 bridgehead atoms. The van der Waals surface area contributed by atoms with E-state index in [2.05, 4.69) is 9.69 Å². The van der Waals surface area contributed by atoms with Crippen LogP contribution in [-0.4, -0.2) is 31.6 Å². The van der Waals surface area contributed by atoms with Crippen molar-refractivity contribution < 1.29 is 4.79 Å². The maximum atomic E-state index is 13.0. The van der Waals surface area contributed by atoms with Gasteiger partial charge < -0.3 is 5.32 Å². The van der Waals surface area contributed by atoms with Crippen LogP contribution in [0, 0.1) is 0 Å². The number of nitrogens with one attached hydrogen (secondary N) is 1. The first-order valence-corrected chi connectivity index (χ1v) is 11.8. The number of amides is 1. The van der Waals surface area contributed by atoms with Gasteiger partial charge in [-0.15, -0.1) is 0 Å². The van der Waals surface area contributed by atoms with Crippen LogP contribution >= 0.6 is 23.3 Å². The van der Waals surface area contributed by atoms with E-state index in [1.165, 1.54) is 42.6 Å². The van der Waals surface area contributed by atoms with E-state index in [4.69, 9.17) is 4.98 Å². The monoisotopic (exact) mass is 428 g/mol. The molecule has 152 valence electrons. The molecule has 1 fully saturated rings. The number of carbonyl (C=O) groups is 1. The zero-order chi connectivity index (χ0) is 20.2. The van der Waals surface area contributed by atoms with Crippen molar-refractivity contribution in [2.45, 2.75) is 56.8 Å². The Balaban J connectivity index is 1.59. The number of thioether (sulfide) groups is 1. The summed E-state index contributed by atoms with van der Waals surface area (Å²) < 4.78 is 6.68. The van der Waals surface area contributed by atoms with Gasteiger partial charge in [0.05, 0.1) is 5.75 Å². The highest BCUT2D eigenvalue weighted by atomic mass is 32.2. The summed E-state index contributed by atoms with van der Waals surface area (Å²) in [4.78, 5) is 30.1. The molecule has 1 aliphatic carbocycles. The Morgan fingerprint density at radius 1 is 1.24 bits per heavy atom. The molecule has 0 radical (unpaired) electrons. The number of benzene rings is 1. The van der Waals surface area contributed by atoms with Gasteiger partial charge in [0.15, 0.2) is 5.16 Å². The highest BCUT2D eigenvalue weighted by Gasteiger charge is 2.20. The molecule has 2 aromatic heterocycles. The van der Waals surface area contributed by atoms with Gasteiger partial charge in [-0.25, -0.2) is 4.98 Å². The Labute approximate surface area is 177 Å². The Bertz CT molecular complexity index is 1060. The summed E-state index contributed by atoms with van der Waals surface area (Å²) in [5.41, 5.74) is 2.18. The topological polar surface area (TPSA) is 76.9 Å². The molecular weight excluding hydrogens is 404 g/mol. The van der Waals surface area contributed by atoms with Gasteiger partial charge in [0.25, 0.3) is 5.56 Å². The Kier molecular flexibility index (Phi) is 6.30. The lowest BCUT2D eigenvalue weighted by Crippen LogP contribution is -2.37. The van der Waals surface area contributed by atoms with Gasteiger partial charge >= 0.3 is 0 Å². The van der Waals surface area contributed by atoms with Crippen molar-refractivity contribution in [2.75, 3.05) is 5.75 Å². The van der Waals surface area contributed by atoms with E-state index in [0.717, 1.165) is 24.1 Å². The minimum absolute atomic E-state index is 0.00521. The Morgan fingerprint density at radius 2 is 2.00 bits per heavy atom. The summed E-state index contributed by atoms with van der Waals surface area (Å²) in [5.74, 6) is 0.262. The van der Waals surface area contributed by atoms with Crippen molar-refractivity contribution in [1.82, 2.24) is 19.2 Å². The van der Waals surface area contributed by atoms with Crippen LogP contribution < -0.4 is 10.9 Å². The lowest BCUT2D eigenvalue weighted by atomic mass is 9.95. The van der Waals surface area contributed by atoms with E-state index in [-0.39, 0.29) is 23.3 Å². The second-order valence-corrected chi connectivity index (χ2v) is 8.93. The van der Waals surface area contributed by atoms with Crippen LogP contribution in [-0.2, 0) is 11.3 Å². The summed E-state index contributed by atoms with van der Waals surface area (Å²) >= 11 is 2.51. The molecule has 2 heterocycles. The van der Waals surface area contributed by atoms with E-state index in [1.54, 1.807) is 4.57 Å². The van der Waals surface area contributed by atoms with Gasteiger partial charge in [0.2, 0.25) is 5.91 Å². The number of rotatable bonds is 6. The number of carbonyl (C=O) groups excluding carboxylic acids is 1. The predicted molar refractivity (Wildman–Crippen MR) is 119 cm³/mol. The fourth-order valence-electron chi connectivity index (χ4n) is 3.72. The molecule has 0 saturated heterocycles. The standard InChI is InChI=1S/C21H24N4O2S2/c1-2-25-20(27)19-18(17(24-29-19)14-9-5-3-6-10-14)23-21(25)28-13-16(26)22-15-11-7-4-8-12-15/h3,5-6,9-10,15H,2,4,7-8,11-13H2,1H3,(H,22,26). The highest BCUT2D eigenvalue weighted by molar-refractivity contribution is 7.99. The molecule has 8 heteroatoms. The Hall–Kier alpha value is -2.19. The molecule has 6 nitrogen and oxygen atoms in total. The second kappa shape index (κ2) is 9.09. The first-order chi connectivity index (χ1) is 14.2. The van der Waals surface area contributed by atoms with Crippen LogP contribution in [0.25, 0.3) is 21.5 Å². The van der Waals surface area contributed by atoms with E-state index < -0.39 is 0 Å². The normalized spacial score (nSPS) is 14.9. The lowest BCUT2D eigenvalue weighted by Gasteiger charge is -2.22. The molecule has 1 aliphatic rings. The van der Waals surface area contributed by atoms with Gasteiger partial charge in [0.1, 0.15) is 15.9 Å². The molecule has 0 spiro atoms. The average Bonchev–Trinajstić information content (AvgIpc) is 3.18. The highest BCUT2D eigenvalue weighted by Crippen LogP contribution is 2.29. The van der Waals surface area contributed by atoms with Crippen LogP contribution in [0.3, 0.4) is 0 Å². The zero-order valence-corrected chi connectivity index (χ0v) is 18.0. The number of fused-ring (bicyclic) bond motifs is 1. The SMILES string of the molecule is CCn1c(SCC(=O)NC2CCCCC2)nc2c(-c3ccccc3)nsc2c1=O. The Morgan fingerprint density at radius 3 is 2.72 bits per heavy atom. The molecule has 3 aromatic rings. The predicted octanol–water partition coefficient (Wildman–Crippen LogP) is 4.08. The van der Waals surface area contributed by atoms with Crippen LogP contribution in [0.2, 0.25) is 0 Å². The molecule has 0 aliphatic heterocycles. The number of aromatic nitrogens is 3. The fraction of sp³-hybridized carbons (Fsp3) is 0.429. The molecule has 1 aromatic carbocycles. The lowest BCUT2D eigenvalue weighted by molar-refractivity contribution is -0.119. The van der Waals surface area contributed by atoms with Gasteiger partial charge in [-0.2, -0.15) is 4.37 Å². The van der Waals surface area contributed by atoms with Crippen LogP contribution in [0.1, 0.15) is 39.0 Å².